The normalized spacial score (nSPS) is 13.1. The number of fused-ring (bicyclic) bond motifs is 1. The van der Waals surface area contributed by atoms with Gasteiger partial charge < -0.3 is 15.0 Å². The number of hydrogen-bond donors (Lipinski definition) is 1. The van der Waals surface area contributed by atoms with Crippen LogP contribution in [0.4, 0.5) is 10.5 Å². The van der Waals surface area contributed by atoms with Crippen molar-refractivity contribution in [1.82, 2.24) is 4.90 Å². The predicted octanol–water partition coefficient (Wildman–Crippen LogP) is 3.63. The highest BCUT2D eigenvalue weighted by atomic mass is 16.5. The summed E-state index contributed by atoms with van der Waals surface area (Å²) in [5.41, 5.74) is 4.72. The van der Waals surface area contributed by atoms with Crippen molar-refractivity contribution < 1.29 is 14.3 Å². The number of nitrogens with zero attached hydrogens (tertiary/aromatic N) is 1. The van der Waals surface area contributed by atoms with Crippen molar-refractivity contribution in [2.24, 2.45) is 0 Å². The van der Waals surface area contributed by atoms with Crippen LogP contribution in [-0.2, 0) is 24.1 Å². The van der Waals surface area contributed by atoms with Crippen LogP contribution in [0.15, 0.2) is 42.5 Å². The summed E-state index contributed by atoms with van der Waals surface area (Å²) in [6.07, 6.45) is 1.66. The summed E-state index contributed by atoms with van der Waals surface area (Å²) in [5, 5.41) is 2.97. The molecule has 0 spiro atoms. The fourth-order valence-corrected chi connectivity index (χ4v) is 3.04. The molecule has 3 rings (SSSR count). The molecule has 0 aliphatic carbocycles. The van der Waals surface area contributed by atoms with Gasteiger partial charge in [0.15, 0.2) is 0 Å². The number of ether oxygens (including phenoxy) is 1. The molecule has 25 heavy (non-hydrogen) atoms. The Labute approximate surface area is 147 Å². The molecule has 1 aliphatic rings. The van der Waals surface area contributed by atoms with E-state index in [2.05, 4.69) is 12.2 Å². The second kappa shape index (κ2) is 7.38. The SMILES string of the molecule is CCc1cccc(NC(=O)N2CCc3cc(C(=O)OC)ccc3C2)c1. The largest absolute Gasteiger partial charge is 0.465 e. The van der Waals surface area contributed by atoms with E-state index in [0.29, 0.717) is 18.7 Å². The molecule has 5 nitrogen and oxygen atoms in total. The van der Waals surface area contributed by atoms with Gasteiger partial charge in [-0.2, -0.15) is 0 Å². The summed E-state index contributed by atoms with van der Waals surface area (Å²) in [7, 11) is 1.38. The van der Waals surface area contributed by atoms with Gasteiger partial charge in [0.05, 0.1) is 12.7 Å². The first-order valence-electron chi connectivity index (χ1n) is 8.45. The maximum absolute atomic E-state index is 12.5. The van der Waals surface area contributed by atoms with Gasteiger partial charge in [-0.3, -0.25) is 0 Å². The molecule has 0 aromatic heterocycles. The predicted molar refractivity (Wildman–Crippen MR) is 96.7 cm³/mol. The van der Waals surface area contributed by atoms with Crippen LogP contribution in [0.2, 0.25) is 0 Å². The van der Waals surface area contributed by atoms with E-state index in [1.807, 2.05) is 36.4 Å². The lowest BCUT2D eigenvalue weighted by Gasteiger charge is -2.29. The minimum atomic E-state index is -0.334. The number of esters is 1. The molecule has 1 N–H and O–H groups in total. The second-order valence-electron chi connectivity index (χ2n) is 6.13. The number of carbonyl (C=O) groups is 2. The summed E-state index contributed by atoms with van der Waals surface area (Å²) >= 11 is 0. The number of rotatable bonds is 3. The average molecular weight is 338 g/mol. The van der Waals surface area contributed by atoms with Crippen LogP contribution >= 0.6 is 0 Å². The number of urea groups is 1. The fraction of sp³-hybridized carbons (Fsp3) is 0.300. The molecule has 1 aliphatic heterocycles. The molecule has 0 unspecified atom stereocenters. The topological polar surface area (TPSA) is 58.6 Å². The summed E-state index contributed by atoms with van der Waals surface area (Å²) < 4.78 is 4.76. The van der Waals surface area contributed by atoms with E-state index in [0.717, 1.165) is 29.7 Å². The van der Waals surface area contributed by atoms with Gasteiger partial charge >= 0.3 is 12.0 Å². The first-order chi connectivity index (χ1) is 12.1. The van der Waals surface area contributed by atoms with Crippen LogP contribution in [0, 0.1) is 0 Å². The van der Waals surface area contributed by atoms with Crippen molar-refractivity contribution in [3.05, 3.63) is 64.7 Å². The van der Waals surface area contributed by atoms with Crippen LogP contribution in [-0.4, -0.2) is 30.6 Å². The van der Waals surface area contributed by atoms with Gasteiger partial charge in [-0.05, 0) is 53.8 Å². The van der Waals surface area contributed by atoms with Gasteiger partial charge in [0.25, 0.3) is 0 Å². The molecular weight excluding hydrogens is 316 g/mol. The standard InChI is InChI=1S/C20H22N2O3/c1-3-14-5-4-6-18(11-14)21-20(24)22-10-9-15-12-16(19(23)25-2)7-8-17(15)13-22/h4-8,11-12H,3,9-10,13H2,1-2H3,(H,21,24). The zero-order chi connectivity index (χ0) is 17.8. The van der Waals surface area contributed by atoms with Crippen LogP contribution in [0.25, 0.3) is 0 Å². The van der Waals surface area contributed by atoms with Crippen molar-refractivity contribution in [3.63, 3.8) is 0 Å². The molecule has 2 amide bonds. The Morgan fingerprint density at radius 3 is 2.76 bits per heavy atom. The van der Waals surface area contributed by atoms with Crippen LogP contribution in [0.1, 0.15) is 34.0 Å². The highest BCUT2D eigenvalue weighted by Gasteiger charge is 2.22. The molecule has 0 bridgehead atoms. The molecule has 0 saturated carbocycles. The average Bonchev–Trinajstić information content (AvgIpc) is 2.66. The third-order valence-electron chi connectivity index (χ3n) is 4.51. The lowest BCUT2D eigenvalue weighted by molar-refractivity contribution is 0.0600. The van der Waals surface area contributed by atoms with Crippen LogP contribution in [0.3, 0.4) is 0 Å². The van der Waals surface area contributed by atoms with Crippen molar-refractivity contribution >= 4 is 17.7 Å². The van der Waals surface area contributed by atoms with E-state index in [1.54, 1.807) is 11.0 Å². The van der Waals surface area contributed by atoms with E-state index < -0.39 is 0 Å². The Kier molecular flexibility index (Phi) is 5.03. The first-order valence-corrected chi connectivity index (χ1v) is 8.45. The minimum Gasteiger partial charge on any atom is -0.465 e. The van der Waals surface area contributed by atoms with Crippen molar-refractivity contribution in [2.45, 2.75) is 26.3 Å². The Bertz CT molecular complexity index is 801. The molecule has 0 saturated heterocycles. The highest BCUT2D eigenvalue weighted by molar-refractivity contribution is 5.90. The lowest BCUT2D eigenvalue weighted by Crippen LogP contribution is -2.39. The molecule has 0 fully saturated rings. The Balaban J connectivity index is 1.69. The fourth-order valence-electron chi connectivity index (χ4n) is 3.04. The Hall–Kier alpha value is -2.82. The van der Waals surface area contributed by atoms with Crippen LogP contribution in [0.5, 0.6) is 0 Å². The Morgan fingerprint density at radius 2 is 2.00 bits per heavy atom. The summed E-state index contributed by atoms with van der Waals surface area (Å²) in [6, 6.07) is 13.3. The Morgan fingerprint density at radius 1 is 1.16 bits per heavy atom. The molecule has 130 valence electrons. The maximum Gasteiger partial charge on any atom is 0.337 e. The van der Waals surface area contributed by atoms with E-state index in [4.69, 9.17) is 4.74 Å². The van der Waals surface area contributed by atoms with Gasteiger partial charge in [-0.15, -0.1) is 0 Å². The second-order valence-corrected chi connectivity index (χ2v) is 6.13. The monoisotopic (exact) mass is 338 g/mol. The minimum absolute atomic E-state index is 0.101. The lowest BCUT2D eigenvalue weighted by atomic mass is 9.97. The third kappa shape index (κ3) is 3.82. The molecule has 5 heteroatoms. The van der Waals surface area contributed by atoms with E-state index in [9.17, 15) is 9.59 Å². The van der Waals surface area contributed by atoms with E-state index in [-0.39, 0.29) is 12.0 Å². The summed E-state index contributed by atoms with van der Waals surface area (Å²) in [5.74, 6) is -0.334. The van der Waals surface area contributed by atoms with Crippen molar-refractivity contribution in [2.75, 3.05) is 19.0 Å². The molecular formula is C20H22N2O3. The molecule has 2 aromatic carbocycles. The van der Waals surface area contributed by atoms with Gasteiger partial charge in [0.2, 0.25) is 0 Å². The van der Waals surface area contributed by atoms with Gasteiger partial charge in [0.1, 0.15) is 0 Å². The third-order valence-corrected chi connectivity index (χ3v) is 4.51. The molecule has 2 aromatic rings. The molecule has 1 heterocycles. The smallest absolute Gasteiger partial charge is 0.337 e. The number of methoxy groups -OCH3 is 1. The first kappa shape index (κ1) is 17.0. The quantitative estimate of drug-likeness (QED) is 0.870. The zero-order valence-corrected chi connectivity index (χ0v) is 14.5. The van der Waals surface area contributed by atoms with Gasteiger partial charge in [0, 0.05) is 18.8 Å². The summed E-state index contributed by atoms with van der Waals surface area (Å²) in [4.78, 5) is 26.0. The van der Waals surface area contributed by atoms with E-state index >= 15 is 0 Å². The summed E-state index contributed by atoms with van der Waals surface area (Å²) in [6.45, 7) is 3.25. The number of benzene rings is 2. The number of carbonyl (C=O) groups excluding carboxylic acids is 2. The van der Waals surface area contributed by atoms with Gasteiger partial charge in [-0.1, -0.05) is 25.1 Å². The number of anilines is 1. The zero-order valence-electron chi connectivity index (χ0n) is 14.5. The molecule has 0 radical (unpaired) electrons. The molecule has 0 atom stereocenters. The van der Waals surface area contributed by atoms with Crippen LogP contribution < -0.4 is 5.32 Å². The number of aryl methyl sites for hydroxylation is 1. The number of hydrogen-bond acceptors (Lipinski definition) is 3. The van der Waals surface area contributed by atoms with Gasteiger partial charge in [-0.25, -0.2) is 9.59 Å². The van der Waals surface area contributed by atoms with Crippen molar-refractivity contribution in [1.29, 1.82) is 0 Å². The van der Waals surface area contributed by atoms with E-state index in [1.165, 1.54) is 12.7 Å². The number of nitrogens with one attached hydrogen (secondary N) is 1. The number of amides is 2. The highest BCUT2D eigenvalue weighted by Crippen LogP contribution is 2.22. The van der Waals surface area contributed by atoms with Crippen molar-refractivity contribution in [3.8, 4) is 0 Å². The maximum atomic E-state index is 12.5.